The number of aryl methyl sites for hydroxylation is 1. The minimum atomic E-state index is 0.214. The van der Waals surface area contributed by atoms with E-state index in [0.717, 1.165) is 48.1 Å². The highest BCUT2D eigenvalue weighted by Gasteiger charge is 2.26. The molecule has 0 radical (unpaired) electrons. The van der Waals surface area contributed by atoms with Gasteiger partial charge in [0.25, 0.3) is 0 Å². The summed E-state index contributed by atoms with van der Waals surface area (Å²) in [6.45, 7) is 1.63. The topological polar surface area (TPSA) is 38.1 Å². The third-order valence-electron chi connectivity index (χ3n) is 4.44. The van der Waals surface area contributed by atoms with Crippen LogP contribution in [0.2, 0.25) is 5.02 Å². The Kier molecular flexibility index (Phi) is 5.85. The molecule has 3 rings (SSSR count). The Balaban J connectivity index is 1.51. The number of hydrogen-bond donors (Lipinski definition) is 0. The van der Waals surface area contributed by atoms with Crippen LogP contribution in [0.15, 0.2) is 36.7 Å². The fourth-order valence-corrected chi connectivity index (χ4v) is 4.35. The molecule has 0 spiro atoms. The largest absolute Gasteiger partial charge is 0.341 e. The SMILES string of the molecule is Cn1ccnc1[C@H]1CCCN(C(=O)CSCc2ccccc2Cl)C1. The van der Waals surface area contributed by atoms with Crippen molar-refractivity contribution in [2.45, 2.75) is 24.5 Å². The van der Waals surface area contributed by atoms with Crippen LogP contribution >= 0.6 is 23.4 Å². The van der Waals surface area contributed by atoms with E-state index in [-0.39, 0.29) is 5.91 Å². The van der Waals surface area contributed by atoms with Gasteiger partial charge in [-0.1, -0.05) is 29.8 Å². The number of benzene rings is 1. The molecule has 1 aliphatic heterocycles. The normalized spacial score (nSPS) is 17.9. The average Bonchev–Trinajstić information content (AvgIpc) is 3.03. The highest BCUT2D eigenvalue weighted by Crippen LogP contribution is 2.26. The first-order chi connectivity index (χ1) is 11.6. The van der Waals surface area contributed by atoms with Gasteiger partial charge in [0.15, 0.2) is 0 Å². The van der Waals surface area contributed by atoms with Crippen molar-refractivity contribution in [1.29, 1.82) is 0 Å². The van der Waals surface area contributed by atoms with Crippen molar-refractivity contribution in [3.63, 3.8) is 0 Å². The van der Waals surface area contributed by atoms with E-state index in [1.807, 2.05) is 48.6 Å². The number of nitrogens with zero attached hydrogens (tertiary/aromatic N) is 3. The van der Waals surface area contributed by atoms with Gasteiger partial charge < -0.3 is 9.47 Å². The van der Waals surface area contributed by atoms with Crippen LogP contribution in [0, 0.1) is 0 Å². The number of imidazole rings is 1. The van der Waals surface area contributed by atoms with Crippen LogP contribution in [0.3, 0.4) is 0 Å². The first kappa shape index (κ1) is 17.4. The fourth-order valence-electron chi connectivity index (χ4n) is 3.14. The van der Waals surface area contributed by atoms with Crippen LogP contribution in [0.25, 0.3) is 0 Å². The molecule has 1 atom stereocenters. The maximum absolute atomic E-state index is 12.5. The van der Waals surface area contributed by atoms with Crippen molar-refractivity contribution >= 4 is 29.3 Å². The Labute approximate surface area is 152 Å². The highest BCUT2D eigenvalue weighted by molar-refractivity contribution is 7.99. The Morgan fingerprint density at radius 1 is 1.42 bits per heavy atom. The standard InChI is InChI=1S/C18H22ClN3OS/c1-21-10-8-20-18(21)14-6-4-9-22(11-14)17(23)13-24-12-15-5-2-3-7-16(15)19/h2-3,5,7-8,10,14H,4,6,9,11-13H2,1H3/t14-/m0/s1. The Morgan fingerprint density at radius 2 is 2.25 bits per heavy atom. The summed E-state index contributed by atoms with van der Waals surface area (Å²) in [5.74, 6) is 2.90. The van der Waals surface area contributed by atoms with Crippen LogP contribution < -0.4 is 0 Å². The predicted molar refractivity (Wildman–Crippen MR) is 99.4 cm³/mol. The van der Waals surface area contributed by atoms with Gasteiger partial charge in [0, 0.05) is 49.2 Å². The van der Waals surface area contributed by atoms with Crippen LogP contribution in [0.5, 0.6) is 0 Å². The fraction of sp³-hybridized carbons (Fsp3) is 0.444. The van der Waals surface area contributed by atoms with E-state index in [0.29, 0.717) is 11.7 Å². The zero-order chi connectivity index (χ0) is 16.9. The van der Waals surface area contributed by atoms with Crippen molar-refractivity contribution in [1.82, 2.24) is 14.5 Å². The van der Waals surface area contributed by atoms with Crippen LogP contribution in [0.1, 0.15) is 30.1 Å². The number of carbonyl (C=O) groups is 1. The van der Waals surface area contributed by atoms with Gasteiger partial charge in [-0.2, -0.15) is 0 Å². The van der Waals surface area contributed by atoms with Gasteiger partial charge >= 0.3 is 0 Å². The molecule has 2 aromatic rings. The molecule has 0 bridgehead atoms. The van der Waals surface area contributed by atoms with Crippen LogP contribution in [-0.2, 0) is 17.6 Å². The quantitative estimate of drug-likeness (QED) is 0.812. The molecule has 1 amide bonds. The lowest BCUT2D eigenvalue weighted by Gasteiger charge is -2.32. The number of carbonyl (C=O) groups excluding carboxylic acids is 1. The number of amides is 1. The number of aromatic nitrogens is 2. The minimum absolute atomic E-state index is 0.214. The second kappa shape index (κ2) is 8.08. The number of halogens is 1. The zero-order valence-corrected chi connectivity index (χ0v) is 15.4. The van der Waals surface area contributed by atoms with Crippen molar-refractivity contribution in [2.75, 3.05) is 18.8 Å². The lowest BCUT2D eigenvalue weighted by Crippen LogP contribution is -2.40. The summed E-state index contributed by atoms with van der Waals surface area (Å²) >= 11 is 7.79. The summed E-state index contributed by atoms with van der Waals surface area (Å²) in [5, 5.41) is 0.769. The second-order valence-corrected chi connectivity index (χ2v) is 7.55. The number of hydrogen-bond acceptors (Lipinski definition) is 3. The summed E-state index contributed by atoms with van der Waals surface area (Å²) in [5.41, 5.74) is 1.08. The number of rotatable bonds is 5. The molecule has 1 aromatic heterocycles. The summed E-state index contributed by atoms with van der Waals surface area (Å²) in [7, 11) is 2.02. The molecule has 0 saturated carbocycles. The van der Waals surface area contributed by atoms with Gasteiger partial charge in [0.2, 0.25) is 5.91 Å². The third kappa shape index (κ3) is 4.14. The van der Waals surface area contributed by atoms with E-state index in [1.54, 1.807) is 11.8 Å². The smallest absolute Gasteiger partial charge is 0.232 e. The third-order valence-corrected chi connectivity index (χ3v) is 5.77. The van der Waals surface area contributed by atoms with Crippen molar-refractivity contribution < 1.29 is 4.79 Å². The van der Waals surface area contributed by atoms with E-state index in [2.05, 4.69) is 9.55 Å². The molecule has 1 aromatic carbocycles. The van der Waals surface area contributed by atoms with Gasteiger partial charge in [-0.3, -0.25) is 4.79 Å². The number of likely N-dealkylation sites (tertiary alicyclic amines) is 1. The molecule has 1 fully saturated rings. The summed E-state index contributed by atoms with van der Waals surface area (Å²) in [6, 6.07) is 7.80. The molecule has 1 aliphatic rings. The molecule has 2 heterocycles. The molecule has 6 heteroatoms. The van der Waals surface area contributed by atoms with Crippen LogP contribution in [0.4, 0.5) is 0 Å². The van der Waals surface area contributed by atoms with Gasteiger partial charge in [-0.25, -0.2) is 4.98 Å². The Morgan fingerprint density at radius 3 is 3.00 bits per heavy atom. The first-order valence-electron chi connectivity index (χ1n) is 8.21. The van der Waals surface area contributed by atoms with E-state index in [4.69, 9.17) is 11.6 Å². The monoisotopic (exact) mass is 363 g/mol. The highest BCUT2D eigenvalue weighted by atomic mass is 35.5. The lowest BCUT2D eigenvalue weighted by atomic mass is 9.97. The summed E-state index contributed by atoms with van der Waals surface area (Å²) < 4.78 is 2.06. The lowest BCUT2D eigenvalue weighted by molar-refractivity contribution is -0.129. The van der Waals surface area contributed by atoms with E-state index in [9.17, 15) is 4.79 Å². The Bertz CT molecular complexity index is 703. The Hall–Kier alpha value is -1.46. The molecule has 0 aliphatic carbocycles. The van der Waals surface area contributed by atoms with E-state index >= 15 is 0 Å². The number of piperidine rings is 1. The molecular weight excluding hydrogens is 342 g/mol. The molecule has 1 saturated heterocycles. The molecule has 24 heavy (non-hydrogen) atoms. The predicted octanol–water partition coefficient (Wildman–Crippen LogP) is 3.71. The van der Waals surface area contributed by atoms with E-state index in [1.165, 1.54) is 0 Å². The minimum Gasteiger partial charge on any atom is -0.341 e. The summed E-state index contributed by atoms with van der Waals surface area (Å²) in [6.07, 6.45) is 5.94. The molecule has 0 unspecified atom stereocenters. The number of thioether (sulfide) groups is 1. The van der Waals surface area contributed by atoms with Gasteiger partial charge in [-0.15, -0.1) is 11.8 Å². The summed E-state index contributed by atoms with van der Waals surface area (Å²) in [4.78, 5) is 19.0. The second-order valence-electron chi connectivity index (χ2n) is 6.16. The first-order valence-corrected chi connectivity index (χ1v) is 9.74. The average molecular weight is 364 g/mol. The van der Waals surface area contributed by atoms with Gasteiger partial charge in [-0.05, 0) is 24.5 Å². The van der Waals surface area contributed by atoms with Gasteiger partial charge in [0.05, 0.1) is 5.75 Å². The molecule has 4 nitrogen and oxygen atoms in total. The van der Waals surface area contributed by atoms with E-state index < -0.39 is 0 Å². The molecular formula is C18H22ClN3OS. The van der Waals surface area contributed by atoms with Crippen molar-refractivity contribution in [2.24, 2.45) is 7.05 Å². The van der Waals surface area contributed by atoms with Crippen molar-refractivity contribution in [3.8, 4) is 0 Å². The maximum Gasteiger partial charge on any atom is 0.232 e. The van der Waals surface area contributed by atoms with Gasteiger partial charge in [0.1, 0.15) is 5.82 Å². The molecule has 0 N–H and O–H groups in total. The maximum atomic E-state index is 12.5. The zero-order valence-electron chi connectivity index (χ0n) is 13.8. The molecule has 128 valence electrons. The van der Waals surface area contributed by atoms with Crippen molar-refractivity contribution in [3.05, 3.63) is 53.1 Å². The van der Waals surface area contributed by atoms with Crippen LogP contribution in [-0.4, -0.2) is 39.2 Å².